The molecule has 1 aromatic carbocycles. The summed E-state index contributed by atoms with van der Waals surface area (Å²) in [6, 6.07) is 6.15. The molecule has 2 amide bonds. The molecule has 1 aliphatic heterocycles. The van der Waals surface area contributed by atoms with Crippen LogP contribution in [0.3, 0.4) is 0 Å². The van der Waals surface area contributed by atoms with E-state index in [2.05, 4.69) is 5.32 Å². The molecule has 0 aromatic heterocycles. The van der Waals surface area contributed by atoms with E-state index >= 15 is 0 Å². The van der Waals surface area contributed by atoms with Gasteiger partial charge in [-0.2, -0.15) is 0 Å². The molecule has 0 spiro atoms. The molecule has 4 nitrogen and oxygen atoms in total. The minimum Gasteiger partial charge on any atom is -0.353 e. The Hall–Kier alpha value is -1.91. The summed E-state index contributed by atoms with van der Waals surface area (Å²) in [6.45, 7) is 5.10. The lowest BCUT2D eigenvalue weighted by molar-refractivity contribution is -0.122. The van der Waals surface area contributed by atoms with Crippen LogP contribution < -0.4 is 5.32 Å². The van der Waals surface area contributed by atoms with Crippen LogP contribution in [0, 0.1) is 11.7 Å². The van der Waals surface area contributed by atoms with Crippen LogP contribution in [0.1, 0.15) is 43.5 Å². The fraction of sp³-hybridized carbons (Fsp3) is 0.529. The monoisotopic (exact) mass is 306 g/mol. The summed E-state index contributed by atoms with van der Waals surface area (Å²) < 4.78 is 13.7. The molecule has 0 atom stereocenters. The second-order valence-corrected chi connectivity index (χ2v) is 6.21. The first-order chi connectivity index (χ1) is 10.5. The lowest BCUT2D eigenvalue weighted by Gasteiger charge is -2.32. The molecule has 1 fully saturated rings. The first kappa shape index (κ1) is 16.5. The van der Waals surface area contributed by atoms with E-state index in [0.717, 1.165) is 0 Å². The quantitative estimate of drug-likeness (QED) is 0.929. The van der Waals surface area contributed by atoms with Crippen molar-refractivity contribution in [3.63, 3.8) is 0 Å². The van der Waals surface area contributed by atoms with Crippen molar-refractivity contribution in [1.29, 1.82) is 0 Å². The topological polar surface area (TPSA) is 49.4 Å². The molecular weight excluding hydrogens is 283 g/mol. The molecule has 1 aromatic rings. The van der Waals surface area contributed by atoms with E-state index in [1.165, 1.54) is 12.1 Å². The largest absolute Gasteiger partial charge is 0.353 e. The van der Waals surface area contributed by atoms with Crippen molar-refractivity contribution in [3.8, 4) is 0 Å². The summed E-state index contributed by atoms with van der Waals surface area (Å²) in [5.74, 6) is -0.360. The van der Waals surface area contributed by atoms with Gasteiger partial charge in [0.15, 0.2) is 0 Å². The van der Waals surface area contributed by atoms with Gasteiger partial charge in [-0.1, -0.05) is 26.0 Å². The maximum Gasteiger partial charge on any atom is 0.256 e. The second kappa shape index (κ2) is 7.38. The van der Waals surface area contributed by atoms with Gasteiger partial charge in [-0.15, -0.1) is 0 Å². The maximum absolute atomic E-state index is 13.7. The van der Waals surface area contributed by atoms with Crippen molar-refractivity contribution >= 4 is 11.8 Å². The highest BCUT2D eigenvalue weighted by molar-refractivity contribution is 5.94. The molecule has 1 N–H and O–H groups in total. The van der Waals surface area contributed by atoms with Crippen LogP contribution in [0.2, 0.25) is 0 Å². The van der Waals surface area contributed by atoms with Crippen molar-refractivity contribution in [2.75, 3.05) is 13.1 Å². The Balaban J connectivity index is 1.86. The summed E-state index contributed by atoms with van der Waals surface area (Å²) in [6.07, 6.45) is 1.95. The number of halogens is 1. The average Bonchev–Trinajstić information content (AvgIpc) is 2.47. The summed E-state index contributed by atoms with van der Waals surface area (Å²) in [5, 5.41) is 3.01. The highest BCUT2D eigenvalue weighted by Crippen LogP contribution is 2.16. The number of rotatable bonds is 4. The van der Waals surface area contributed by atoms with Crippen LogP contribution in [-0.2, 0) is 4.79 Å². The van der Waals surface area contributed by atoms with Gasteiger partial charge in [0, 0.05) is 25.6 Å². The molecule has 5 heteroatoms. The standard InChI is InChI=1S/C17H23FN2O2/c1-12(2)11-16(21)19-13-7-9-20(10-8-13)17(22)14-5-3-4-6-15(14)18/h3-6,12-13H,7-11H2,1-2H3,(H,19,21). The molecule has 1 heterocycles. The third-order valence-corrected chi connectivity index (χ3v) is 3.85. The third-order valence-electron chi connectivity index (χ3n) is 3.85. The number of carbonyl (C=O) groups excluding carboxylic acids is 2. The van der Waals surface area contributed by atoms with Gasteiger partial charge in [-0.05, 0) is 30.9 Å². The van der Waals surface area contributed by atoms with Gasteiger partial charge in [-0.25, -0.2) is 4.39 Å². The molecule has 0 aliphatic carbocycles. The van der Waals surface area contributed by atoms with Crippen molar-refractivity contribution < 1.29 is 14.0 Å². The van der Waals surface area contributed by atoms with Gasteiger partial charge in [0.1, 0.15) is 5.82 Å². The molecule has 1 aliphatic rings. The number of nitrogens with zero attached hydrogens (tertiary/aromatic N) is 1. The van der Waals surface area contributed by atoms with Crippen LogP contribution in [0.15, 0.2) is 24.3 Å². The number of nitrogens with one attached hydrogen (secondary N) is 1. The Morgan fingerprint density at radius 2 is 1.91 bits per heavy atom. The molecule has 0 saturated carbocycles. The normalized spacial score (nSPS) is 15.9. The Morgan fingerprint density at radius 3 is 2.50 bits per heavy atom. The van der Waals surface area contributed by atoms with Gasteiger partial charge in [-0.3, -0.25) is 9.59 Å². The van der Waals surface area contributed by atoms with E-state index in [0.29, 0.717) is 38.3 Å². The van der Waals surface area contributed by atoms with Gasteiger partial charge in [0.25, 0.3) is 5.91 Å². The molecule has 2 rings (SSSR count). The molecular formula is C17H23FN2O2. The number of likely N-dealkylation sites (tertiary alicyclic amines) is 1. The number of hydrogen-bond donors (Lipinski definition) is 1. The molecule has 22 heavy (non-hydrogen) atoms. The smallest absolute Gasteiger partial charge is 0.256 e. The van der Waals surface area contributed by atoms with Crippen molar-refractivity contribution in [2.24, 2.45) is 5.92 Å². The number of hydrogen-bond acceptors (Lipinski definition) is 2. The van der Waals surface area contributed by atoms with Crippen molar-refractivity contribution in [2.45, 2.75) is 39.2 Å². The molecule has 0 radical (unpaired) electrons. The Kier molecular flexibility index (Phi) is 5.52. The summed E-state index contributed by atoms with van der Waals surface area (Å²) in [4.78, 5) is 25.7. The molecule has 0 unspecified atom stereocenters. The number of piperidine rings is 1. The van der Waals surface area contributed by atoms with E-state index in [1.807, 2.05) is 13.8 Å². The molecule has 0 bridgehead atoms. The third kappa shape index (κ3) is 4.29. The van der Waals surface area contributed by atoms with Gasteiger partial charge >= 0.3 is 0 Å². The first-order valence-corrected chi connectivity index (χ1v) is 7.80. The van der Waals surface area contributed by atoms with E-state index in [9.17, 15) is 14.0 Å². The van der Waals surface area contributed by atoms with Crippen molar-refractivity contribution in [1.82, 2.24) is 10.2 Å². The maximum atomic E-state index is 13.7. The zero-order chi connectivity index (χ0) is 16.1. The Labute approximate surface area is 130 Å². The van der Waals surface area contributed by atoms with E-state index in [1.54, 1.807) is 17.0 Å². The predicted octanol–water partition coefficient (Wildman–Crippen LogP) is 2.59. The van der Waals surface area contributed by atoms with Crippen LogP contribution >= 0.6 is 0 Å². The second-order valence-electron chi connectivity index (χ2n) is 6.21. The first-order valence-electron chi connectivity index (χ1n) is 7.80. The highest BCUT2D eigenvalue weighted by atomic mass is 19.1. The zero-order valence-corrected chi connectivity index (χ0v) is 13.1. The minimum absolute atomic E-state index is 0.0638. The van der Waals surface area contributed by atoms with Crippen LogP contribution in [0.25, 0.3) is 0 Å². The SMILES string of the molecule is CC(C)CC(=O)NC1CCN(C(=O)c2ccccc2F)CC1. The summed E-state index contributed by atoms with van der Waals surface area (Å²) in [5.41, 5.74) is 0.116. The Bertz CT molecular complexity index is 537. The highest BCUT2D eigenvalue weighted by Gasteiger charge is 2.25. The Morgan fingerprint density at radius 1 is 1.27 bits per heavy atom. The molecule has 1 saturated heterocycles. The van der Waals surface area contributed by atoms with Gasteiger partial charge < -0.3 is 10.2 Å². The fourth-order valence-electron chi connectivity index (χ4n) is 2.69. The van der Waals surface area contributed by atoms with E-state index < -0.39 is 5.82 Å². The van der Waals surface area contributed by atoms with Crippen LogP contribution in [0.5, 0.6) is 0 Å². The average molecular weight is 306 g/mol. The van der Waals surface area contributed by atoms with Gasteiger partial charge in [0.05, 0.1) is 5.56 Å². The van der Waals surface area contributed by atoms with Crippen LogP contribution in [-0.4, -0.2) is 35.8 Å². The van der Waals surface area contributed by atoms with Crippen LogP contribution in [0.4, 0.5) is 4.39 Å². The van der Waals surface area contributed by atoms with E-state index in [4.69, 9.17) is 0 Å². The van der Waals surface area contributed by atoms with E-state index in [-0.39, 0.29) is 23.4 Å². The summed E-state index contributed by atoms with van der Waals surface area (Å²) >= 11 is 0. The predicted molar refractivity (Wildman–Crippen MR) is 82.9 cm³/mol. The summed E-state index contributed by atoms with van der Waals surface area (Å²) in [7, 11) is 0. The molecule has 120 valence electrons. The van der Waals surface area contributed by atoms with Gasteiger partial charge in [0.2, 0.25) is 5.91 Å². The number of amides is 2. The minimum atomic E-state index is -0.486. The lowest BCUT2D eigenvalue weighted by Crippen LogP contribution is -2.46. The lowest BCUT2D eigenvalue weighted by atomic mass is 10.0. The number of benzene rings is 1. The zero-order valence-electron chi connectivity index (χ0n) is 13.1. The fourth-order valence-corrected chi connectivity index (χ4v) is 2.69. The van der Waals surface area contributed by atoms with Crippen molar-refractivity contribution in [3.05, 3.63) is 35.6 Å². The number of carbonyl (C=O) groups is 2.